The summed E-state index contributed by atoms with van der Waals surface area (Å²) < 4.78 is 7.76. The predicted octanol–water partition coefficient (Wildman–Crippen LogP) is 2.89. The van der Waals surface area contributed by atoms with Crippen molar-refractivity contribution in [1.29, 1.82) is 0 Å². The van der Waals surface area contributed by atoms with Crippen molar-refractivity contribution in [1.82, 2.24) is 3.53 Å². The summed E-state index contributed by atoms with van der Waals surface area (Å²) in [6.07, 6.45) is 10.7. The Kier molecular flexibility index (Phi) is 4.81. The Hall–Kier alpha value is -0.690. The van der Waals surface area contributed by atoms with Crippen molar-refractivity contribution in [2.24, 2.45) is 0 Å². The summed E-state index contributed by atoms with van der Waals surface area (Å²) in [5, 5.41) is -0.619. The minimum Gasteiger partial charge on any atom is -0.419 e. The van der Waals surface area contributed by atoms with E-state index in [-0.39, 0.29) is 0 Å². The first-order valence-electron chi connectivity index (χ1n) is 3.76. The van der Waals surface area contributed by atoms with Crippen molar-refractivity contribution in [3.63, 3.8) is 0 Å². The minimum absolute atomic E-state index is 0.463. The molecule has 5 heteroatoms. The number of allylic oxidation sites excluding steroid dienone is 6. The quantitative estimate of drug-likeness (QED) is 0.355. The van der Waals surface area contributed by atoms with Crippen molar-refractivity contribution in [3.05, 3.63) is 47.9 Å². The summed E-state index contributed by atoms with van der Waals surface area (Å²) in [7, 11) is 0. The van der Waals surface area contributed by atoms with Gasteiger partial charge >= 0.3 is 5.30 Å². The highest BCUT2D eigenvalue weighted by Crippen LogP contribution is 2.08. The molecular weight excluding hydrogens is 313 g/mol. The zero-order valence-electron chi connectivity index (χ0n) is 7.11. The van der Waals surface area contributed by atoms with E-state index in [0.717, 1.165) is 5.70 Å². The summed E-state index contributed by atoms with van der Waals surface area (Å²) >= 11 is 5.56. The van der Waals surface area contributed by atoms with Gasteiger partial charge in [0.05, 0.1) is 22.9 Å². The molecule has 0 unspecified atom stereocenters. The van der Waals surface area contributed by atoms with E-state index in [2.05, 4.69) is 16.2 Å². The van der Waals surface area contributed by atoms with E-state index in [1.807, 2.05) is 35.0 Å². The van der Waals surface area contributed by atoms with Gasteiger partial charge in [-0.3, -0.25) is 0 Å². The Balaban J connectivity index is 2.73. The van der Waals surface area contributed by atoms with Gasteiger partial charge in [0.15, 0.2) is 0 Å². The third kappa shape index (κ3) is 4.01. The first-order valence-corrected chi connectivity index (χ1v) is 5.29. The van der Waals surface area contributed by atoms with Gasteiger partial charge in [-0.15, -0.1) is 0 Å². The Bertz CT molecular complexity index is 345. The van der Waals surface area contributed by atoms with Crippen LogP contribution in [0.3, 0.4) is 0 Å². The number of hydrogen-bond donors (Lipinski definition) is 2. The van der Waals surface area contributed by atoms with E-state index in [9.17, 15) is 4.79 Å². The molecule has 1 aliphatic carbocycles. The summed E-state index contributed by atoms with van der Waals surface area (Å²) in [5.41, 5.74) is 0.967. The fourth-order valence-electron chi connectivity index (χ4n) is 0.836. The largest absolute Gasteiger partial charge is 0.419 e. The maximum absolute atomic E-state index is 10.5. The molecular formula is C9H8INO2S. The third-order valence-corrected chi connectivity index (χ3v) is 2.10. The molecule has 0 aromatic carbocycles. The second-order valence-corrected chi connectivity index (χ2v) is 3.28. The zero-order valence-corrected chi connectivity index (χ0v) is 10.2. The minimum atomic E-state index is -0.619. The standard InChI is InChI=1S/C9H8INO2S/c10-11-7-3-1-5-8(6-2-4-7)13-9(12)14/h1-6,11H,(H,12,14)/b3-1+,4-2?,5-1?,6-2+,7-3?,7-4+,8-5+,8-6?. The highest BCUT2D eigenvalue weighted by Gasteiger charge is 1.98. The van der Waals surface area contributed by atoms with Crippen molar-refractivity contribution < 1.29 is 9.53 Å². The molecule has 74 valence electrons. The molecule has 1 rings (SSSR count). The summed E-state index contributed by atoms with van der Waals surface area (Å²) in [5.74, 6) is 0.463. The molecule has 14 heavy (non-hydrogen) atoms. The average molecular weight is 321 g/mol. The molecule has 1 N–H and O–H groups in total. The van der Waals surface area contributed by atoms with Crippen LogP contribution in [0.15, 0.2) is 47.9 Å². The summed E-state index contributed by atoms with van der Waals surface area (Å²) in [4.78, 5) is 10.5. The number of carbonyl (C=O) groups is 1. The lowest BCUT2D eigenvalue weighted by Crippen LogP contribution is -1.95. The molecule has 0 aromatic rings. The van der Waals surface area contributed by atoms with Crippen molar-refractivity contribution in [2.45, 2.75) is 0 Å². The molecule has 0 aromatic heterocycles. The van der Waals surface area contributed by atoms with Crippen LogP contribution in [-0.2, 0) is 4.74 Å². The number of ether oxygens (including phenoxy) is 1. The van der Waals surface area contributed by atoms with E-state index >= 15 is 0 Å². The van der Waals surface area contributed by atoms with Gasteiger partial charge < -0.3 is 8.27 Å². The van der Waals surface area contributed by atoms with Gasteiger partial charge in [-0.05, 0) is 24.3 Å². The third-order valence-electron chi connectivity index (χ3n) is 1.39. The molecule has 0 saturated heterocycles. The van der Waals surface area contributed by atoms with Gasteiger partial charge in [0.1, 0.15) is 5.76 Å². The fraction of sp³-hybridized carbons (Fsp3) is 0. The number of rotatable bonds is 2. The number of thiol groups is 1. The second-order valence-electron chi connectivity index (χ2n) is 2.37. The van der Waals surface area contributed by atoms with Crippen LogP contribution in [0, 0.1) is 0 Å². The van der Waals surface area contributed by atoms with Crippen LogP contribution in [0.1, 0.15) is 0 Å². The molecule has 0 amide bonds. The second kappa shape index (κ2) is 5.92. The summed E-state index contributed by atoms with van der Waals surface area (Å²) in [6, 6.07) is 0. The van der Waals surface area contributed by atoms with Crippen molar-refractivity contribution >= 4 is 40.8 Å². The van der Waals surface area contributed by atoms with Crippen LogP contribution >= 0.6 is 35.5 Å². The van der Waals surface area contributed by atoms with Crippen LogP contribution in [0.2, 0.25) is 0 Å². The lowest BCUT2D eigenvalue weighted by Gasteiger charge is -2.02. The van der Waals surface area contributed by atoms with E-state index in [4.69, 9.17) is 4.74 Å². The van der Waals surface area contributed by atoms with Crippen LogP contribution in [0.5, 0.6) is 0 Å². The normalized spacial score (nSPS) is 27.0. The highest BCUT2D eigenvalue weighted by molar-refractivity contribution is 14.1. The zero-order chi connectivity index (χ0) is 10.4. The van der Waals surface area contributed by atoms with Gasteiger partial charge in [0.25, 0.3) is 0 Å². The van der Waals surface area contributed by atoms with Gasteiger partial charge in [0, 0.05) is 5.70 Å². The molecule has 0 spiro atoms. The van der Waals surface area contributed by atoms with E-state index < -0.39 is 5.30 Å². The Morgan fingerprint density at radius 2 is 2.07 bits per heavy atom. The topological polar surface area (TPSA) is 38.3 Å². The molecule has 0 radical (unpaired) electrons. The highest BCUT2D eigenvalue weighted by atomic mass is 127. The Morgan fingerprint density at radius 3 is 2.71 bits per heavy atom. The van der Waals surface area contributed by atoms with Gasteiger partial charge in [0.2, 0.25) is 0 Å². The predicted molar refractivity (Wildman–Crippen MR) is 67.1 cm³/mol. The molecule has 1 aliphatic rings. The Morgan fingerprint density at radius 1 is 1.36 bits per heavy atom. The number of carbonyl (C=O) groups excluding carboxylic acids is 1. The molecule has 0 heterocycles. The number of halogens is 1. The maximum Gasteiger partial charge on any atom is 0.369 e. The number of hydrogen-bond acceptors (Lipinski definition) is 3. The lowest BCUT2D eigenvalue weighted by molar-refractivity contribution is 0.208. The maximum atomic E-state index is 10.5. The SMILES string of the molecule is O=C(S)OC1=C/C=C/C(NI)=C\C=C\1. The molecule has 0 fully saturated rings. The monoisotopic (exact) mass is 321 g/mol. The first-order chi connectivity index (χ1) is 6.72. The van der Waals surface area contributed by atoms with Gasteiger partial charge in [-0.1, -0.05) is 24.8 Å². The Labute approximate surface area is 101 Å². The summed E-state index contributed by atoms with van der Waals surface area (Å²) in [6.45, 7) is 0. The van der Waals surface area contributed by atoms with Crippen LogP contribution in [0.4, 0.5) is 4.79 Å². The van der Waals surface area contributed by atoms with Gasteiger partial charge in [-0.2, -0.15) is 0 Å². The average Bonchev–Trinajstić information content (AvgIpc) is 2.08. The van der Waals surface area contributed by atoms with Gasteiger partial charge in [-0.25, -0.2) is 4.79 Å². The van der Waals surface area contributed by atoms with Crippen LogP contribution in [0.25, 0.3) is 0 Å². The fourth-order valence-corrected chi connectivity index (χ4v) is 1.30. The van der Waals surface area contributed by atoms with Crippen LogP contribution in [-0.4, -0.2) is 5.30 Å². The smallest absolute Gasteiger partial charge is 0.369 e. The molecule has 0 atom stereocenters. The van der Waals surface area contributed by atoms with Crippen LogP contribution < -0.4 is 3.53 Å². The first kappa shape index (κ1) is 11.4. The van der Waals surface area contributed by atoms with E-state index in [1.165, 1.54) is 0 Å². The van der Waals surface area contributed by atoms with E-state index in [1.54, 1.807) is 24.3 Å². The van der Waals surface area contributed by atoms with Crippen molar-refractivity contribution in [3.8, 4) is 0 Å². The molecule has 3 nitrogen and oxygen atoms in total. The lowest BCUT2D eigenvalue weighted by atomic mass is 10.2. The van der Waals surface area contributed by atoms with E-state index in [0.29, 0.717) is 5.76 Å². The molecule has 0 aliphatic heterocycles. The molecule has 0 bridgehead atoms. The number of nitrogens with one attached hydrogen (secondary N) is 1. The molecule has 0 saturated carbocycles. The van der Waals surface area contributed by atoms with Crippen molar-refractivity contribution in [2.75, 3.05) is 0 Å².